The topological polar surface area (TPSA) is 70.0 Å². The molecule has 0 saturated heterocycles. The highest BCUT2D eigenvalue weighted by Gasteiger charge is 2.09. The number of aromatic nitrogens is 1. The van der Waals surface area contributed by atoms with Gasteiger partial charge in [-0.25, -0.2) is 9.78 Å². The van der Waals surface area contributed by atoms with Gasteiger partial charge in [0.05, 0.1) is 19.9 Å². The van der Waals surface area contributed by atoms with Gasteiger partial charge in [-0.05, 0) is 36.8 Å². The molecule has 0 N–H and O–H groups in total. The van der Waals surface area contributed by atoms with Crippen LogP contribution in [0, 0.1) is 0 Å². The molecule has 0 radical (unpaired) electrons. The average Bonchev–Trinajstić information content (AvgIpc) is 2.60. The van der Waals surface area contributed by atoms with Crippen molar-refractivity contribution in [1.29, 1.82) is 0 Å². The minimum Gasteiger partial charge on any atom is -0.493 e. The number of ether oxygens (including phenoxy) is 2. The van der Waals surface area contributed by atoms with Crippen molar-refractivity contribution in [3.8, 4) is 11.5 Å². The molecule has 0 saturated carbocycles. The van der Waals surface area contributed by atoms with Gasteiger partial charge in [0, 0.05) is 12.6 Å². The van der Waals surface area contributed by atoms with Crippen molar-refractivity contribution in [2.75, 3.05) is 14.2 Å². The minimum absolute atomic E-state index is 0.218. The Morgan fingerprint density at radius 3 is 2.57 bits per heavy atom. The first-order valence-corrected chi connectivity index (χ1v) is 7.00. The van der Waals surface area contributed by atoms with E-state index in [2.05, 4.69) is 10.1 Å². The van der Waals surface area contributed by atoms with Crippen molar-refractivity contribution in [2.24, 2.45) is 5.16 Å². The molecule has 6 heteroatoms. The number of hydrogen-bond donors (Lipinski definition) is 0. The number of methoxy groups -OCH3 is 2. The highest BCUT2D eigenvalue weighted by Crippen LogP contribution is 2.27. The maximum atomic E-state index is 11.8. The van der Waals surface area contributed by atoms with Crippen LogP contribution < -0.4 is 9.47 Å². The van der Waals surface area contributed by atoms with E-state index in [9.17, 15) is 4.79 Å². The van der Waals surface area contributed by atoms with Crippen molar-refractivity contribution >= 4 is 11.7 Å². The van der Waals surface area contributed by atoms with Crippen LogP contribution in [0.25, 0.3) is 0 Å². The van der Waals surface area contributed by atoms with Crippen molar-refractivity contribution in [2.45, 2.75) is 13.3 Å². The van der Waals surface area contributed by atoms with Gasteiger partial charge in [0.2, 0.25) is 0 Å². The molecule has 0 aliphatic rings. The Bertz CT molecular complexity index is 699. The van der Waals surface area contributed by atoms with Crippen LogP contribution in [0.15, 0.2) is 47.8 Å². The summed E-state index contributed by atoms with van der Waals surface area (Å²) >= 11 is 0. The first-order valence-electron chi connectivity index (χ1n) is 7.00. The van der Waals surface area contributed by atoms with Gasteiger partial charge in [-0.1, -0.05) is 17.3 Å². The summed E-state index contributed by atoms with van der Waals surface area (Å²) in [6, 6.07) is 10.6. The summed E-state index contributed by atoms with van der Waals surface area (Å²) in [5.41, 5.74) is 1.84. The Morgan fingerprint density at radius 2 is 1.91 bits per heavy atom. The van der Waals surface area contributed by atoms with Crippen LogP contribution in [0.2, 0.25) is 0 Å². The lowest BCUT2D eigenvalue weighted by atomic mass is 10.1. The van der Waals surface area contributed by atoms with Crippen LogP contribution in [0.4, 0.5) is 0 Å². The second-order valence-corrected chi connectivity index (χ2v) is 4.79. The number of oxime groups is 1. The normalized spacial score (nSPS) is 11.0. The predicted molar refractivity (Wildman–Crippen MR) is 86.0 cm³/mol. The SMILES string of the molecule is COc1ccc(C/C(C)=N/OC(=O)c2ccccn2)cc1OC. The Morgan fingerprint density at radius 1 is 1.13 bits per heavy atom. The third-order valence-corrected chi connectivity index (χ3v) is 3.07. The second-order valence-electron chi connectivity index (χ2n) is 4.79. The molecule has 0 atom stereocenters. The molecule has 6 nitrogen and oxygen atoms in total. The number of carbonyl (C=O) groups excluding carboxylic acids is 1. The molecule has 120 valence electrons. The van der Waals surface area contributed by atoms with E-state index in [0.29, 0.717) is 23.6 Å². The molecule has 0 unspecified atom stereocenters. The van der Waals surface area contributed by atoms with Gasteiger partial charge in [0.15, 0.2) is 17.2 Å². The standard InChI is InChI=1S/C17H18N2O4/c1-12(19-23-17(20)14-6-4-5-9-18-14)10-13-7-8-15(21-2)16(11-13)22-3/h4-9,11H,10H2,1-3H3/b19-12+. The van der Waals surface area contributed by atoms with Gasteiger partial charge in [-0.3, -0.25) is 0 Å². The van der Waals surface area contributed by atoms with E-state index in [4.69, 9.17) is 14.3 Å². The summed E-state index contributed by atoms with van der Waals surface area (Å²) in [5.74, 6) is 0.716. The molecule has 2 rings (SSSR count). The van der Waals surface area contributed by atoms with Crippen molar-refractivity contribution in [3.05, 3.63) is 53.9 Å². The largest absolute Gasteiger partial charge is 0.493 e. The van der Waals surface area contributed by atoms with Crippen molar-refractivity contribution in [1.82, 2.24) is 4.98 Å². The molecule has 0 fully saturated rings. The second kappa shape index (κ2) is 7.93. The first-order chi connectivity index (χ1) is 11.1. The van der Waals surface area contributed by atoms with Crippen LogP contribution in [-0.4, -0.2) is 30.9 Å². The summed E-state index contributed by atoms with van der Waals surface area (Å²) in [6.45, 7) is 1.78. The number of hydrogen-bond acceptors (Lipinski definition) is 6. The molecular weight excluding hydrogens is 296 g/mol. The number of benzene rings is 1. The number of rotatable bonds is 6. The van der Waals surface area contributed by atoms with Gasteiger partial charge < -0.3 is 14.3 Å². The van der Waals surface area contributed by atoms with Gasteiger partial charge >= 0.3 is 5.97 Å². The number of pyridine rings is 1. The first kappa shape index (κ1) is 16.5. The minimum atomic E-state index is -0.586. The fourth-order valence-electron chi connectivity index (χ4n) is 1.97. The molecule has 0 bridgehead atoms. The maximum absolute atomic E-state index is 11.8. The summed E-state index contributed by atoms with van der Waals surface area (Å²) in [7, 11) is 3.17. The fraction of sp³-hybridized carbons (Fsp3) is 0.235. The molecule has 0 aliphatic heterocycles. The smallest absolute Gasteiger partial charge is 0.383 e. The number of carbonyl (C=O) groups is 1. The Hall–Kier alpha value is -2.89. The molecule has 0 amide bonds. The lowest BCUT2D eigenvalue weighted by molar-refractivity contribution is 0.0508. The maximum Gasteiger partial charge on any atom is 0.383 e. The lowest BCUT2D eigenvalue weighted by Gasteiger charge is -2.09. The molecule has 23 heavy (non-hydrogen) atoms. The van der Waals surface area contributed by atoms with Crippen molar-refractivity contribution in [3.63, 3.8) is 0 Å². The molecule has 0 spiro atoms. The van der Waals surface area contributed by atoms with Crippen LogP contribution in [0.5, 0.6) is 11.5 Å². The van der Waals surface area contributed by atoms with E-state index in [1.54, 1.807) is 39.3 Å². The molecule has 2 aromatic rings. The molecule has 1 heterocycles. The fourth-order valence-corrected chi connectivity index (χ4v) is 1.97. The summed E-state index contributed by atoms with van der Waals surface area (Å²) < 4.78 is 10.4. The number of nitrogens with zero attached hydrogens (tertiary/aromatic N) is 2. The van der Waals surface area contributed by atoms with E-state index in [1.165, 1.54) is 6.20 Å². The Labute approximate surface area is 134 Å². The predicted octanol–water partition coefficient (Wildman–Crippen LogP) is 2.87. The Kier molecular flexibility index (Phi) is 5.68. The van der Waals surface area contributed by atoms with E-state index in [0.717, 1.165) is 5.56 Å². The van der Waals surface area contributed by atoms with E-state index >= 15 is 0 Å². The summed E-state index contributed by atoms with van der Waals surface area (Å²) in [4.78, 5) is 20.6. The lowest BCUT2D eigenvalue weighted by Crippen LogP contribution is -2.06. The van der Waals surface area contributed by atoms with E-state index in [-0.39, 0.29) is 5.69 Å². The van der Waals surface area contributed by atoms with Crippen LogP contribution in [0.3, 0.4) is 0 Å². The molecule has 1 aromatic carbocycles. The highest BCUT2D eigenvalue weighted by molar-refractivity contribution is 5.89. The third kappa shape index (κ3) is 4.54. The zero-order chi connectivity index (χ0) is 16.7. The van der Waals surface area contributed by atoms with Crippen LogP contribution in [0.1, 0.15) is 23.0 Å². The molecular formula is C17H18N2O4. The van der Waals surface area contributed by atoms with Crippen LogP contribution >= 0.6 is 0 Å². The Balaban J connectivity index is 2.01. The third-order valence-electron chi connectivity index (χ3n) is 3.07. The zero-order valence-electron chi connectivity index (χ0n) is 13.3. The molecule has 0 aliphatic carbocycles. The average molecular weight is 314 g/mol. The van der Waals surface area contributed by atoms with Crippen molar-refractivity contribution < 1.29 is 19.1 Å². The monoisotopic (exact) mass is 314 g/mol. The van der Waals surface area contributed by atoms with E-state index < -0.39 is 5.97 Å². The van der Waals surface area contributed by atoms with Gasteiger partial charge in [0.25, 0.3) is 0 Å². The highest BCUT2D eigenvalue weighted by atomic mass is 16.7. The van der Waals surface area contributed by atoms with Gasteiger partial charge in [-0.15, -0.1) is 0 Å². The molecule has 1 aromatic heterocycles. The van der Waals surface area contributed by atoms with E-state index in [1.807, 2.05) is 18.2 Å². The summed E-state index contributed by atoms with van der Waals surface area (Å²) in [5, 5.41) is 3.85. The quantitative estimate of drug-likeness (QED) is 0.466. The summed E-state index contributed by atoms with van der Waals surface area (Å²) in [6.07, 6.45) is 2.05. The van der Waals surface area contributed by atoms with Gasteiger partial charge in [0.1, 0.15) is 0 Å². The zero-order valence-corrected chi connectivity index (χ0v) is 13.3. The van der Waals surface area contributed by atoms with Crippen LogP contribution in [-0.2, 0) is 11.3 Å². The van der Waals surface area contributed by atoms with Gasteiger partial charge in [-0.2, -0.15) is 0 Å².